The van der Waals surface area contributed by atoms with Crippen molar-refractivity contribution in [2.75, 3.05) is 36.1 Å². The molecule has 2 amide bonds. The Kier molecular flexibility index (Phi) is 8.14. The van der Waals surface area contributed by atoms with Crippen LogP contribution in [0.15, 0.2) is 5.16 Å². The largest absolute Gasteiger partial charge is 0.465 e. The van der Waals surface area contributed by atoms with Crippen LogP contribution in [-0.4, -0.2) is 69.7 Å². The molecule has 2 rings (SSSR count). The quantitative estimate of drug-likeness (QED) is 0.353. The predicted molar refractivity (Wildman–Crippen MR) is 117 cm³/mol. The number of amides is 2. The second-order valence-electron chi connectivity index (χ2n) is 7.55. The van der Waals surface area contributed by atoms with Crippen molar-refractivity contribution in [2.24, 2.45) is 0 Å². The van der Waals surface area contributed by atoms with Crippen LogP contribution in [0.4, 0.5) is 21.1 Å². The van der Waals surface area contributed by atoms with Crippen molar-refractivity contribution < 1.29 is 19.4 Å². The van der Waals surface area contributed by atoms with Crippen LogP contribution >= 0.6 is 27.7 Å². The van der Waals surface area contributed by atoms with E-state index in [4.69, 9.17) is 10.00 Å². The molecule has 2 heterocycles. The molecule has 0 aromatic carbocycles. The lowest BCUT2D eigenvalue weighted by molar-refractivity contribution is 0.0635. The molecule has 30 heavy (non-hydrogen) atoms. The Morgan fingerprint density at radius 2 is 2.10 bits per heavy atom. The Hall–Kier alpha value is -2.26. The number of ether oxygens (including phenoxy) is 1. The van der Waals surface area contributed by atoms with E-state index in [1.54, 1.807) is 20.8 Å². The van der Waals surface area contributed by atoms with Crippen molar-refractivity contribution in [3.63, 3.8) is 0 Å². The van der Waals surface area contributed by atoms with Crippen LogP contribution < -0.4 is 10.2 Å². The fraction of sp³-hybridized carbons (Fsp3) is 0.611. The molecule has 0 saturated carbocycles. The van der Waals surface area contributed by atoms with Gasteiger partial charge in [0.25, 0.3) is 0 Å². The number of piperazine rings is 1. The van der Waals surface area contributed by atoms with Gasteiger partial charge in [0, 0.05) is 25.0 Å². The first-order chi connectivity index (χ1) is 14.1. The third-order valence-electron chi connectivity index (χ3n) is 4.23. The highest BCUT2D eigenvalue weighted by atomic mass is 79.9. The molecule has 1 aliphatic heterocycles. The number of nitrogens with one attached hydrogen (secondary N) is 1. The number of thioether (sulfide) groups is 1. The fourth-order valence-corrected chi connectivity index (χ4v) is 3.79. The first-order valence-electron chi connectivity index (χ1n) is 9.22. The van der Waals surface area contributed by atoms with Crippen LogP contribution in [0.3, 0.4) is 0 Å². The smallest absolute Gasteiger partial charge is 0.412 e. The number of halogens is 1. The summed E-state index contributed by atoms with van der Waals surface area (Å²) >= 11 is 4.77. The lowest BCUT2D eigenvalue weighted by Gasteiger charge is -2.40. The van der Waals surface area contributed by atoms with Gasteiger partial charge in [0.2, 0.25) is 0 Å². The molecule has 1 fully saturated rings. The molecule has 12 heteroatoms. The van der Waals surface area contributed by atoms with Crippen molar-refractivity contribution in [1.82, 2.24) is 14.9 Å². The lowest BCUT2D eigenvalue weighted by Crippen LogP contribution is -2.55. The van der Waals surface area contributed by atoms with Gasteiger partial charge < -0.3 is 19.6 Å². The zero-order valence-electron chi connectivity index (χ0n) is 17.3. The van der Waals surface area contributed by atoms with Crippen LogP contribution in [0.25, 0.3) is 0 Å². The van der Waals surface area contributed by atoms with E-state index < -0.39 is 23.8 Å². The molecule has 1 saturated heterocycles. The summed E-state index contributed by atoms with van der Waals surface area (Å²) in [5.74, 6) is 0.475. The van der Waals surface area contributed by atoms with Crippen molar-refractivity contribution in [2.45, 2.75) is 49.3 Å². The molecular formula is C18H25BrN6O4S. The minimum absolute atomic E-state index is 0.0589. The number of hydrogen-bond acceptors (Lipinski definition) is 8. The van der Waals surface area contributed by atoms with Gasteiger partial charge in [-0.2, -0.15) is 5.26 Å². The molecule has 0 spiro atoms. The average Bonchev–Trinajstić information content (AvgIpc) is 2.66. The molecule has 1 aliphatic rings. The van der Waals surface area contributed by atoms with Gasteiger partial charge in [-0.1, -0.05) is 27.7 Å². The second-order valence-corrected chi connectivity index (χ2v) is 8.89. The number of carboxylic acid groups (broad SMARTS) is 1. The van der Waals surface area contributed by atoms with E-state index >= 15 is 0 Å². The number of aromatic nitrogens is 2. The minimum Gasteiger partial charge on any atom is -0.465 e. The number of nitrogens with zero attached hydrogens (tertiary/aromatic N) is 5. The van der Waals surface area contributed by atoms with Gasteiger partial charge in [0.05, 0.1) is 24.2 Å². The molecule has 10 nitrogen and oxygen atoms in total. The fourth-order valence-electron chi connectivity index (χ4n) is 3.00. The number of nitriles is 1. The first kappa shape index (κ1) is 24.0. The van der Waals surface area contributed by atoms with Crippen LogP contribution in [0.1, 0.15) is 32.9 Å². The van der Waals surface area contributed by atoms with Crippen molar-refractivity contribution in [3.05, 3.63) is 5.69 Å². The summed E-state index contributed by atoms with van der Waals surface area (Å²) in [6.07, 6.45) is 0.211. The molecule has 0 aliphatic carbocycles. The maximum atomic E-state index is 12.4. The second kappa shape index (κ2) is 10.2. The van der Waals surface area contributed by atoms with E-state index in [1.165, 1.54) is 16.7 Å². The zero-order valence-corrected chi connectivity index (χ0v) is 19.7. The van der Waals surface area contributed by atoms with Crippen molar-refractivity contribution >= 4 is 51.4 Å². The summed E-state index contributed by atoms with van der Waals surface area (Å²) < 4.78 is 5.37. The van der Waals surface area contributed by atoms with Crippen molar-refractivity contribution in [1.29, 1.82) is 5.26 Å². The summed E-state index contributed by atoms with van der Waals surface area (Å²) in [5, 5.41) is 22.2. The van der Waals surface area contributed by atoms with E-state index in [1.807, 2.05) is 17.2 Å². The Labute approximate surface area is 188 Å². The number of carbonyl (C=O) groups excluding carboxylic acids is 1. The molecule has 164 valence electrons. The summed E-state index contributed by atoms with van der Waals surface area (Å²) in [5.41, 5.74) is 0.301. The molecule has 0 bridgehead atoms. The Morgan fingerprint density at radius 3 is 2.63 bits per heavy atom. The van der Waals surface area contributed by atoms with Gasteiger partial charge in [-0.05, 0) is 27.0 Å². The van der Waals surface area contributed by atoms with E-state index in [0.29, 0.717) is 34.2 Å². The van der Waals surface area contributed by atoms with Crippen LogP contribution in [0.2, 0.25) is 0 Å². The van der Waals surface area contributed by atoms with E-state index in [0.717, 1.165) is 0 Å². The summed E-state index contributed by atoms with van der Waals surface area (Å²) in [6, 6.07) is 1.54. The Morgan fingerprint density at radius 1 is 1.40 bits per heavy atom. The maximum absolute atomic E-state index is 12.4. The molecule has 0 radical (unpaired) electrons. The third kappa shape index (κ3) is 6.12. The molecular weight excluding hydrogens is 476 g/mol. The van der Waals surface area contributed by atoms with Gasteiger partial charge in [-0.25, -0.2) is 19.6 Å². The number of alkyl halides is 1. The lowest BCUT2D eigenvalue weighted by atomic mass is 10.1. The van der Waals surface area contributed by atoms with Gasteiger partial charge in [0.15, 0.2) is 11.0 Å². The van der Waals surface area contributed by atoms with E-state index in [9.17, 15) is 14.7 Å². The summed E-state index contributed by atoms with van der Waals surface area (Å²) in [4.78, 5) is 36.1. The van der Waals surface area contributed by atoms with E-state index in [2.05, 4.69) is 31.2 Å². The maximum Gasteiger partial charge on any atom is 0.412 e. The molecule has 1 aromatic heterocycles. The van der Waals surface area contributed by atoms with Crippen LogP contribution in [0.5, 0.6) is 0 Å². The number of carbonyl (C=O) groups is 2. The number of rotatable bonds is 5. The molecule has 0 unspecified atom stereocenters. The number of anilines is 2. The van der Waals surface area contributed by atoms with Gasteiger partial charge in [0.1, 0.15) is 11.3 Å². The topological polar surface area (TPSA) is 132 Å². The molecule has 1 aromatic rings. The Bertz CT molecular complexity index is 841. The van der Waals surface area contributed by atoms with Gasteiger partial charge >= 0.3 is 12.2 Å². The zero-order chi connectivity index (χ0) is 22.5. The monoisotopic (exact) mass is 500 g/mol. The average molecular weight is 501 g/mol. The third-order valence-corrected chi connectivity index (χ3v) is 5.31. The van der Waals surface area contributed by atoms with Crippen LogP contribution in [0, 0.1) is 11.3 Å². The van der Waals surface area contributed by atoms with Crippen molar-refractivity contribution in [3.8, 4) is 6.07 Å². The summed E-state index contributed by atoms with van der Waals surface area (Å²) in [7, 11) is 0. The highest BCUT2D eigenvalue weighted by Gasteiger charge is 2.33. The first-order valence-corrected chi connectivity index (χ1v) is 11.6. The summed E-state index contributed by atoms with van der Waals surface area (Å²) in [6.45, 7) is 6.16. The molecule has 2 N–H and O–H groups in total. The van der Waals surface area contributed by atoms with Crippen LogP contribution in [-0.2, 0) is 10.1 Å². The van der Waals surface area contributed by atoms with Gasteiger partial charge in [-0.15, -0.1) is 0 Å². The molecule has 1 atom stereocenters. The number of hydrogen-bond donors (Lipinski definition) is 2. The van der Waals surface area contributed by atoms with Gasteiger partial charge in [-0.3, -0.25) is 5.32 Å². The highest BCUT2D eigenvalue weighted by Crippen LogP contribution is 2.32. The SMILES string of the molecule is CSc1nc(CBr)c(NC(=O)OC(C)(C)C)c(N2CCN(C(=O)O)[C@@H](CC#N)C2)n1. The normalized spacial score (nSPS) is 16.7. The minimum atomic E-state index is -1.06. The van der Waals surface area contributed by atoms with E-state index in [-0.39, 0.29) is 19.5 Å². The predicted octanol–water partition coefficient (Wildman–Crippen LogP) is 3.52. The highest BCUT2D eigenvalue weighted by molar-refractivity contribution is 9.08. The Balaban J connectivity index is 2.43. The standard InChI is InChI=1S/C18H25BrN6O4S/c1-18(2,3)29-16(26)22-13-12(9-19)21-15(30-4)23-14(13)24-7-8-25(17(27)28)11(10-24)5-6-20/h11H,5,7-10H2,1-4H3,(H,22,26)(H,27,28)/t11-/m0/s1.